The first-order valence-electron chi connectivity index (χ1n) is 10.6. The standard InChI is InChI=1S/C25H23N3O6/c1-15-7-8-21(9-16(15)2)32-14-23(29)27-19-6-4-5-18(11-19)25(31)33-13-20-12-24(30)28-22(26-20)10-17(3)34-28/h4-12H,13-14H2,1-3H3,(H,27,29). The van der Waals surface area contributed by atoms with E-state index < -0.39 is 11.5 Å². The minimum atomic E-state index is -0.618. The summed E-state index contributed by atoms with van der Waals surface area (Å²) < 4.78 is 17.1. The number of amides is 1. The first-order valence-corrected chi connectivity index (χ1v) is 10.6. The lowest BCUT2D eigenvalue weighted by Gasteiger charge is -2.10. The van der Waals surface area contributed by atoms with E-state index in [2.05, 4.69) is 10.3 Å². The van der Waals surface area contributed by atoms with Crippen LogP contribution in [0.2, 0.25) is 0 Å². The number of aryl methyl sites for hydroxylation is 3. The van der Waals surface area contributed by atoms with E-state index in [9.17, 15) is 14.4 Å². The second-order valence-corrected chi connectivity index (χ2v) is 7.82. The van der Waals surface area contributed by atoms with Crippen LogP contribution in [-0.2, 0) is 16.1 Å². The molecule has 1 amide bonds. The van der Waals surface area contributed by atoms with Gasteiger partial charge in [0.25, 0.3) is 11.5 Å². The Morgan fingerprint density at radius 1 is 1.03 bits per heavy atom. The van der Waals surface area contributed by atoms with Crippen molar-refractivity contribution in [3.05, 3.63) is 93.1 Å². The maximum Gasteiger partial charge on any atom is 0.338 e. The summed E-state index contributed by atoms with van der Waals surface area (Å²) in [5.41, 5.74) is 3.11. The summed E-state index contributed by atoms with van der Waals surface area (Å²) in [6.07, 6.45) is 0. The van der Waals surface area contributed by atoms with Gasteiger partial charge in [-0.2, -0.15) is 0 Å². The molecular formula is C25H23N3O6. The van der Waals surface area contributed by atoms with Gasteiger partial charge in [0.05, 0.1) is 11.3 Å². The number of aromatic nitrogens is 2. The van der Waals surface area contributed by atoms with Gasteiger partial charge in [-0.15, -0.1) is 4.57 Å². The van der Waals surface area contributed by atoms with Gasteiger partial charge in [-0.3, -0.25) is 9.59 Å². The summed E-state index contributed by atoms with van der Waals surface area (Å²) in [7, 11) is 0. The van der Waals surface area contributed by atoms with Crippen molar-refractivity contribution in [1.82, 2.24) is 9.56 Å². The van der Waals surface area contributed by atoms with Gasteiger partial charge in [0.1, 0.15) is 18.1 Å². The number of carbonyl (C=O) groups is 2. The molecule has 2 aromatic carbocycles. The molecule has 0 aliphatic carbocycles. The molecule has 0 radical (unpaired) electrons. The predicted octanol–water partition coefficient (Wildman–Crippen LogP) is 3.59. The zero-order valence-corrected chi connectivity index (χ0v) is 19.0. The van der Waals surface area contributed by atoms with Crippen LogP contribution < -0.4 is 15.6 Å². The summed E-state index contributed by atoms with van der Waals surface area (Å²) in [6, 6.07) is 14.8. The number of nitrogens with zero attached hydrogens (tertiary/aromatic N) is 2. The van der Waals surface area contributed by atoms with Gasteiger partial charge in [0.2, 0.25) is 0 Å². The third kappa shape index (κ3) is 5.32. The molecule has 0 bridgehead atoms. The second-order valence-electron chi connectivity index (χ2n) is 7.82. The molecule has 9 nitrogen and oxygen atoms in total. The SMILES string of the molecule is Cc1cc2nc(COC(=O)c3cccc(NC(=O)COc4ccc(C)c(C)c4)c3)cc(=O)n2o1. The first kappa shape index (κ1) is 22.8. The summed E-state index contributed by atoms with van der Waals surface area (Å²) in [5, 5.41) is 2.70. The zero-order valence-electron chi connectivity index (χ0n) is 19.0. The molecule has 1 N–H and O–H groups in total. The summed E-state index contributed by atoms with van der Waals surface area (Å²) in [4.78, 5) is 41.1. The second kappa shape index (κ2) is 9.62. The quantitative estimate of drug-likeness (QED) is 0.419. The van der Waals surface area contributed by atoms with E-state index >= 15 is 0 Å². The topological polar surface area (TPSA) is 112 Å². The molecule has 2 heterocycles. The molecule has 4 aromatic rings. The van der Waals surface area contributed by atoms with Gasteiger partial charge < -0.3 is 19.3 Å². The van der Waals surface area contributed by atoms with Crippen molar-refractivity contribution in [2.45, 2.75) is 27.4 Å². The van der Waals surface area contributed by atoms with Crippen LogP contribution >= 0.6 is 0 Å². The lowest BCUT2D eigenvalue weighted by atomic mass is 10.1. The van der Waals surface area contributed by atoms with Gasteiger partial charge in [0.15, 0.2) is 12.3 Å². The number of hydrogen-bond acceptors (Lipinski definition) is 7. The van der Waals surface area contributed by atoms with Crippen molar-refractivity contribution >= 4 is 23.2 Å². The average molecular weight is 461 g/mol. The molecule has 9 heteroatoms. The molecule has 0 spiro atoms. The van der Waals surface area contributed by atoms with Crippen LogP contribution in [0.5, 0.6) is 5.75 Å². The lowest BCUT2D eigenvalue weighted by Crippen LogP contribution is -2.20. The van der Waals surface area contributed by atoms with E-state index in [0.29, 0.717) is 28.5 Å². The zero-order chi connectivity index (χ0) is 24.2. The Morgan fingerprint density at radius 2 is 1.85 bits per heavy atom. The fourth-order valence-corrected chi connectivity index (χ4v) is 3.24. The molecule has 0 saturated carbocycles. The minimum Gasteiger partial charge on any atom is -0.484 e. The van der Waals surface area contributed by atoms with E-state index in [0.717, 1.165) is 15.7 Å². The number of benzene rings is 2. The fraction of sp³-hybridized carbons (Fsp3) is 0.200. The Morgan fingerprint density at radius 3 is 2.65 bits per heavy atom. The van der Waals surface area contributed by atoms with Gasteiger partial charge >= 0.3 is 5.97 Å². The Hall–Kier alpha value is -4.40. The van der Waals surface area contributed by atoms with Crippen LogP contribution in [-0.4, -0.2) is 28.0 Å². The first-order chi connectivity index (χ1) is 16.3. The maximum absolute atomic E-state index is 12.5. The van der Waals surface area contributed by atoms with E-state index in [4.69, 9.17) is 14.0 Å². The molecule has 174 valence electrons. The number of rotatable bonds is 7. The Kier molecular flexibility index (Phi) is 6.44. The van der Waals surface area contributed by atoms with Crippen molar-refractivity contribution in [2.24, 2.45) is 0 Å². The third-order valence-corrected chi connectivity index (χ3v) is 5.11. The van der Waals surface area contributed by atoms with Crippen molar-refractivity contribution in [3.8, 4) is 5.75 Å². The Balaban J connectivity index is 1.35. The van der Waals surface area contributed by atoms with Crippen LogP contribution in [0.25, 0.3) is 5.65 Å². The monoisotopic (exact) mass is 461 g/mol. The molecule has 0 fully saturated rings. The highest BCUT2D eigenvalue weighted by molar-refractivity contribution is 5.95. The normalized spacial score (nSPS) is 10.8. The summed E-state index contributed by atoms with van der Waals surface area (Å²) in [5.74, 6) is 0.162. The van der Waals surface area contributed by atoms with Crippen LogP contribution in [0.15, 0.2) is 63.9 Å². The van der Waals surface area contributed by atoms with E-state index in [1.54, 1.807) is 37.3 Å². The van der Waals surface area contributed by atoms with Crippen LogP contribution in [0.1, 0.15) is 32.9 Å². The van der Waals surface area contributed by atoms with Gasteiger partial charge in [-0.25, -0.2) is 9.78 Å². The van der Waals surface area contributed by atoms with E-state index in [1.807, 2.05) is 26.0 Å². The smallest absolute Gasteiger partial charge is 0.338 e. The Labute approximate surface area is 194 Å². The molecule has 0 unspecified atom stereocenters. The molecule has 34 heavy (non-hydrogen) atoms. The minimum absolute atomic E-state index is 0.172. The van der Waals surface area contributed by atoms with Gasteiger partial charge in [0, 0.05) is 17.8 Å². The van der Waals surface area contributed by atoms with Gasteiger partial charge in [-0.1, -0.05) is 12.1 Å². The van der Waals surface area contributed by atoms with Crippen molar-refractivity contribution in [3.63, 3.8) is 0 Å². The highest BCUT2D eigenvalue weighted by atomic mass is 16.5. The van der Waals surface area contributed by atoms with Gasteiger partial charge in [-0.05, 0) is 62.2 Å². The van der Waals surface area contributed by atoms with Crippen LogP contribution in [0, 0.1) is 20.8 Å². The molecular weight excluding hydrogens is 438 g/mol. The fourth-order valence-electron chi connectivity index (χ4n) is 3.24. The molecule has 0 aliphatic heterocycles. The number of esters is 1. The number of fused-ring (bicyclic) bond motifs is 1. The molecule has 0 aliphatic rings. The molecule has 0 saturated heterocycles. The summed E-state index contributed by atoms with van der Waals surface area (Å²) in [6.45, 7) is 5.32. The van der Waals surface area contributed by atoms with E-state index in [1.165, 1.54) is 12.1 Å². The number of carbonyl (C=O) groups excluding carboxylic acids is 2. The largest absolute Gasteiger partial charge is 0.484 e. The van der Waals surface area contributed by atoms with Crippen LogP contribution in [0.4, 0.5) is 5.69 Å². The van der Waals surface area contributed by atoms with E-state index in [-0.39, 0.29) is 24.7 Å². The molecule has 4 rings (SSSR count). The predicted molar refractivity (Wildman–Crippen MR) is 124 cm³/mol. The Bertz CT molecular complexity index is 1440. The number of hydrogen-bond donors (Lipinski definition) is 1. The number of anilines is 1. The summed E-state index contributed by atoms with van der Waals surface area (Å²) >= 11 is 0. The van der Waals surface area contributed by atoms with Crippen molar-refractivity contribution in [2.75, 3.05) is 11.9 Å². The molecule has 2 aromatic heterocycles. The van der Waals surface area contributed by atoms with Crippen LogP contribution in [0.3, 0.4) is 0 Å². The average Bonchev–Trinajstić information content (AvgIpc) is 3.19. The lowest BCUT2D eigenvalue weighted by molar-refractivity contribution is -0.118. The number of ether oxygens (including phenoxy) is 2. The highest BCUT2D eigenvalue weighted by Crippen LogP contribution is 2.17. The van der Waals surface area contributed by atoms with Crippen molar-refractivity contribution < 1.29 is 23.6 Å². The third-order valence-electron chi connectivity index (χ3n) is 5.11. The molecule has 0 atom stereocenters. The highest BCUT2D eigenvalue weighted by Gasteiger charge is 2.12. The maximum atomic E-state index is 12.5. The number of nitrogens with one attached hydrogen (secondary N) is 1. The van der Waals surface area contributed by atoms with Crippen molar-refractivity contribution in [1.29, 1.82) is 0 Å².